The molecule has 6 heteroatoms. The average molecular weight is 361 g/mol. The Hall–Kier alpha value is -1.81. The van der Waals surface area contributed by atoms with E-state index < -0.39 is 13.4 Å². The van der Waals surface area contributed by atoms with E-state index in [4.69, 9.17) is 9.05 Å². The van der Waals surface area contributed by atoms with Crippen LogP contribution in [-0.4, -0.2) is 18.3 Å². The van der Waals surface area contributed by atoms with Gasteiger partial charge in [-0.2, -0.15) is 0 Å². The van der Waals surface area contributed by atoms with Crippen molar-refractivity contribution in [3.8, 4) is 5.75 Å². The number of nitrogens with one attached hydrogen (secondary N) is 1. The van der Waals surface area contributed by atoms with E-state index in [0.717, 1.165) is 16.8 Å². The summed E-state index contributed by atoms with van der Waals surface area (Å²) < 4.78 is 24.9. The second-order valence-corrected chi connectivity index (χ2v) is 9.37. The second kappa shape index (κ2) is 6.83. The Balaban J connectivity index is 1.92. The number of phenolic OH excluding ortho intramolecular Hbond substituents is 1. The molecule has 0 aliphatic carbocycles. The van der Waals surface area contributed by atoms with Crippen molar-refractivity contribution in [2.24, 2.45) is 5.41 Å². The molecule has 0 radical (unpaired) electrons. The smallest absolute Gasteiger partial charge is 0.357 e. The normalized spacial score (nSPS) is 20.0. The van der Waals surface area contributed by atoms with Gasteiger partial charge in [-0.25, -0.2) is 0 Å². The van der Waals surface area contributed by atoms with Crippen LogP contribution in [0.25, 0.3) is 0 Å². The third kappa shape index (κ3) is 4.24. The van der Waals surface area contributed by atoms with Crippen molar-refractivity contribution in [2.75, 3.05) is 18.5 Å². The summed E-state index contributed by atoms with van der Waals surface area (Å²) in [5.74, 6) is -0.440. The second-order valence-electron chi connectivity index (χ2n) is 7.26. The molecule has 3 rings (SSSR count). The zero-order chi connectivity index (χ0) is 18.1. The van der Waals surface area contributed by atoms with Gasteiger partial charge >= 0.3 is 7.60 Å². The van der Waals surface area contributed by atoms with Crippen molar-refractivity contribution < 1.29 is 18.7 Å². The standard InChI is InChI=1S/C19H24NO4P/c1-14-4-6-15(7-5-14)18(20-16-8-10-17(21)11-9-16)25(22)23-12-19(2,3)13-24-25/h4-11,18,20-21H,12-13H2,1-3H3/t18-/m1/s1. The molecule has 134 valence electrons. The maximum Gasteiger partial charge on any atom is 0.357 e. The summed E-state index contributed by atoms with van der Waals surface area (Å²) >= 11 is 0. The average Bonchev–Trinajstić information content (AvgIpc) is 2.58. The van der Waals surface area contributed by atoms with Gasteiger partial charge in [-0.15, -0.1) is 0 Å². The number of rotatable bonds is 4. The minimum absolute atomic E-state index is 0.162. The van der Waals surface area contributed by atoms with Gasteiger partial charge in [0.2, 0.25) is 0 Å². The van der Waals surface area contributed by atoms with Gasteiger partial charge in [0.25, 0.3) is 0 Å². The fourth-order valence-corrected chi connectivity index (χ4v) is 4.84. The van der Waals surface area contributed by atoms with E-state index in [9.17, 15) is 9.67 Å². The lowest BCUT2D eigenvalue weighted by atomic mass is 9.97. The van der Waals surface area contributed by atoms with Crippen LogP contribution in [0.2, 0.25) is 0 Å². The first-order valence-corrected chi connectivity index (χ1v) is 9.90. The van der Waals surface area contributed by atoms with Crippen molar-refractivity contribution in [3.05, 3.63) is 59.7 Å². The zero-order valence-electron chi connectivity index (χ0n) is 14.7. The van der Waals surface area contributed by atoms with E-state index in [1.54, 1.807) is 24.3 Å². The first-order chi connectivity index (χ1) is 11.8. The summed E-state index contributed by atoms with van der Waals surface area (Å²) in [5.41, 5.74) is 2.53. The molecular formula is C19H24NO4P. The molecule has 5 nitrogen and oxygen atoms in total. The van der Waals surface area contributed by atoms with E-state index in [1.165, 1.54) is 0 Å². The quantitative estimate of drug-likeness (QED) is 0.587. The van der Waals surface area contributed by atoms with Gasteiger partial charge in [0, 0.05) is 11.1 Å². The molecule has 1 aliphatic rings. The Labute approximate surface area is 148 Å². The Morgan fingerprint density at radius 1 is 1.04 bits per heavy atom. The summed E-state index contributed by atoms with van der Waals surface area (Å²) in [6.07, 6.45) is 0. The molecule has 1 atom stereocenters. The first kappa shape index (κ1) is 18.0. The van der Waals surface area contributed by atoms with Crippen LogP contribution in [0.1, 0.15) is 30.8 Å². The summed E-state index contributed by atoms with van der Waals surface area (Å²) in [5, 5.41) is 12.7. The van der Waals surface area contributed by atoms with Gasteiger partial charge in [-0.1, -0.05) is 43.7 Å². The van der Waals surface area contributed by atoms with Gasteiger partial charge in [0.1, 0.15) is 5.75 Å². The molecule has 0 unspecified atom stereocenters. The molecule has 2 aromatic rings. The molecule has 0 amide bonds. The molecule has 1 heterocycles. The molecule has 1 aliphatic heterocycles. The van der Waals surface area contributed by atoms with Crippen LogP contribution in [0.4, 0.5) is 5.69 Å². The fourth-order valence-electron chi connectivity index (χ4n) is 2.57. The first-order valence-electron chi connectivity index (χ1n) is 8.28. The maximum absolute atomic E-state index is 13.4. The van der Waals surface area contributed by atoms with Crippen LogP contribution in [0, 0.1) is 12.3 Å². The largest absolute Gasteiger partial charge is 0.508 e. The van der Waals surface area contributed by atoms with Crippen molar-refractivity contribution in [3.63, 3.8) is 0 Å². The molecule has 25 heavy (non-hydrogen) atoms. The van der Waals surface area contributed by atoms with E-state index >= 15 is 0 Å². The molecule has 2 N–H and O–H groups in total. The highest BCUT2D eigenvalue weighted by molar-refractivity contribution is 7.54. The third-order valence-electron chi connectivity index (χ3n) is 4.15. The van der Waals surface area contributed by atoms with Gasteiger partial charge in [0.05, 0.1) is 13.2 Å². The Bertz CT molecular complexity index is 757. The van der Waals surface area contributed by atoms with Gasteiger partial charge in [0.15, 0.2) is 5.78 Å². The predicted molar refractivity (Wildman–Crippen MR) is 98.9 cm³/mol. The molecule has 0 bridgehead atoms. The van der Waals surface area contributed by atoms with Crippen LogP contribution in [0.15, 0.2) is 48.5 Å². The van der Waals surface area contributed by atoms with Crippen molar-refractivity contribution >= 4 is 13.3 Å². The van der Waals surface area contributed by atoms with Crippen LogP contribution in [-0.2, 0) is 13.6 Å². The number of hydrogen-bond donors (Lipinski definition) is 2. The van der Waals surface area contributed by atoms with E-state index in [2.05, 4.69) is 5.32 Å². The zero-order valence-corrected chi connectivity index (χ0v) is 15.6. The molecule has 0 saturated carbocycles. The third-order valence-corrected chi connectivity index (χ3v) is 6.19. The molecular weight excluding hydrogens is 337 g/mol. The minimum Gasteiger partial charge on any atom is -0.508 e. The summed E-state index contributed by atoms with van der Waals surface area (Å²) in [6, 6.07) is 14.4. The summed E-state index contributed by atoms with van der Waals surface area (Å²) in [6.45, 7) is 6.80. The molecule has 1 saturated heterocycles. The summed E-state index contributed by atoms with van der Waals surface area (Å²) in [4.78, 5) is 0. The van der Waals surface area contributed by atoms with Gasteiger partial charge < -0.3 is 19.5 Å². The number of aryl methyl sites for hydroxylation is 1. The lowest BCUT2D eigenvalue weighted by Gasteiger charge is -2.38. The van der Waals surface area contributed by atoms with Gasteiger partial charge in [-0.3, -0.25) is 4.57 Å². The maximum atomic E-state index is 13.4. The topological polar surface area (TPSA) is 67.8 Å². The SMILES string of the molecule is Cc1ccc([C@H](Nc2ccc(O)cc2)P2(=O)OCC(C)(C)CO2)cc1. The molecule has 1 fully saturated rings. The highest BCUT2D eigenvalue weighted by Gasteiger charge is 2.43. The van der Waals surface area contributed by atoms with E-state index in [1.807, 2.05) is 45.0 Å². The lowest BCUT2D eigenvalue weighted by Crippen LogP contribution is -2.31. The van der Waals surface area contributed by atoms with Crippen molar-refractivity contribution in [2.45, 2.75) is 26.6 Å². The Morgan fingerprint density at radius 3 is 2.16 bits per heavy atom. The van der Waals surface area contributed by atoms with E-state index in [-0.39, 0.29) is 11.2 Å². The van der Waals surface area contributed by atoms with Crippen molar-refractivity contribution in [1.82, 2.24) is 0 Å². The number of benzene rings is 2. The van der Waals surface area contributed by atoms with Crippen LogP contribution in [0.5, 0.6) is 5.75 Å². The highest BCUT2D eigenvalue weighted by Crippen LogP contribution is 2.63. The van der Waals surface area contributed by atoms with Crippen molar-refractivity contribution in [1.29, 1.82) is 0 Å². The number of hydrogen-bond acceptors (Lipinski definition) is 5. The highest BCUT2D eigenvalue weighted by atomic mass is 31.2. The number of phenols is 1. The van der Waals surface area contributed by atoms with Crippen LogP contribution < -0.4 is 5.32 Å². The molecule has 0 spiro atoms. The fraction of sp³-hybridized carbons (Fsp3) is 0.368. The van der Waals surface area contributed by atoms with E-state index in [0.29, 0.717) is 13.2 Å². The Morgan fingerprint density at radius 2 is 1.60 bits per heavy atom. The van der Waals surface area contributed by atoms with Gasteiger partial charge in [-0.05, 0) is 36.8 Å². The predicted octanol–water partition coefficient (Wildman–Crippen LogP) is 5.08. The van der Waals surface area contributed by atoms with Crippen LogP contribution in [0.3, 0.4) is 0 Å². The van der Waals surface area contributed by atoms with Crippen LogP contribution >= 0.6 is 7.60 Å². The molecule has 2 aromatic carbocycles. The minimum atomic E-state index is -3.39. The Kier molecular flexibility index (Phi) is 4.92. The summed E-state index contributed by atoms with van der Waals surface area (Å²) in [7, 11) is -3.39. The number of anilines is 1. The monoisotopic (exact) mass is 361 g/mol. The lowest BCUT2D eigenvalue weighted by molar-refractivity contribution is 0.0387. The number of aromatic hydroxyl groups is 1. The molecule has 0 aromatic heterocycles.